The number of rotatable bonds is 2. The van der Waals surface area contributed by atoms with E-state index in [9.17, 15) is 4.79 Å². The number of carbonyl (C=O) groups is 1. The Balaban J connectivity index is 2.79. The number of hydrogen-bond acceptors (Lipinski definition) is 2. The third kappa shape index (κ3) is 2.45. The number of amides is 1. The molecule has 0 aromatic carbocycles. The highest BCUT2D eigenvalue weighted by atomic mass is 35.5. The number of halogens is 1. The fourth-order valence-corrected chi connectivity index (χ4v) is 1.84. The molecule has 1 rings (SSSR count). The Morgan fingerprint density at radius 1 is 1.62 bits per heavy atom. The number of thiophene rings is 1. The van der Waals surface area contributed by atoms with Gasteiger partial charge in [0.1, 0.15) is 5.38 Å². The molecule has 1 amide bonds. The molecule has 1 heterocycles. The standard InChI is InChI=1S/C9H12ClNOS/c1-5-4-13-7(3)8(5)11-9(12)6(2)10/h4,6H,1-3H3,(H,11,12). The van der Waals surface area contributed by atoms with Gasteiger partial charge in [0, 0.05) is 4.88 Å². The first-order chi connectivity index (χ1) is 6.02. The van der Waals surface area contributed by atoms with Crippen molar-refractivity contribution in [2.45, 2.75) is 26.1 Å². The highest BCUT2D eigenvalue weighted by Gasteiger charge is 2.12. The third-order valence-corrected chi connectivity index (χ3v) is 3.00. The molecule has 4 heteroatoms. The molecule has 0 aliphatic heterocycles. The number of anilines is 1. The van der Waals surface area contributed by atoms with Crippen molar-refractivity contribution in [1.29, 1.82) is 0 Å². The van der Waals surface area contributed by atoms with Crippen molar-refractivity contribution in [3.63, 3.8) is 0 Å². The quantitative estimate of drug-likeness (QED) is 0.759. The second kappa shape index (κ2) is 4.11. The van der Waals surface area contributed by atoms with Crippen molar-refractivity contribution >= 4 is 34.5 Å². The Labute approximate surface area is 86.9 Å². The molecule has 13 heavy (non-hydrogen) atoms. The molecule has 1 atom stereocenters. The molecule has 0 fully saturated rings. The summed E-state index contributed by atoms with van der Waals surface area (Å²) in [5.74, 6) is -0.147. The van der Waals surface area contributed by atoms with E-state index in [4.69, 9.17) is 11.6 Å². The Bertz CT molecular complexity index is 300. The van der Waals surface area contributed by atoms with Crippen molar-refractivity contribution in [3.8, 4) is 0 Å². The van der Waals surface area contributed by atoms with Crippen molar-refractivity contribution in [3.05, 3.63) is 15.8 Å². The van der Waals surface area contributed by atoms with Gasteiger partial charge in [-0.3, -0.25) is 4.79 Å². The lowest BCUT2D eigenvalue weighted by Crippen LogP contribution is -2.20. The zero-order valence-electron chi connectivity index (χ0n) is 7.85. The molecule has 0 radical (unpaired) electrons. The second-order valence-corrected chi connectivity index (χ2v) is 4.69. The van der Waals surface area contributed by atoms with E-state index >= 15 is 0 Å². The van der Waals surface area contributed by atoms with E-state index in [1.807, 2.05) is 19.2 Å². The van der Waals surface area contributed by atoms with Gasteiger partial charge in [0.05, 0.1) is 5.69 Å². The Hall–Kier alpha value is -0.540. The van der Waals surface area contributed by atoms with E-state index in [0.717, 1.165) is 16.1 Å². The van der Waals surface area contributed by atoms with Crippen molar-refractivity contribution in [2.24, 2.45) is 0 Å². The summed E-state index contributed by atoms with van der Waals surface area (Å²) in [5.41, 5.74) is 2.00. The van der Waals surface area contributed by atoms with Crippen LogP contribution in [0.15, 0.2) is 5.38 Å². The van der Waals surface area contributed by atoms with Gasteiger partial charge >= 0.3 is 0 Å². The van der Waals surface area contributed by atoms with Gasteiger partial charge in [-0.15, -0.1) is 22.9 Å². The zero-order chi connectivity index (χ0) is 10.0. The number of nitrogens with one attached hydrogen (secondary N) is 1. The summed E-state index contributed by atoms with van der Waals surface area (Å²) in [4.78, 5) is 12.4. The largest absolute Gasteiger partial charge is 0.324 e. The molecular formula is C9H12ClNOS. The molecule has 1 N–H and O–H groups in total. The molecule has 0 bridgehead atoms. The lowest BCUT2D eigenvalue weighted by atomic mass is 10.2. The van der Waals surface area contributed by atoms with E-state index in [2.05, 4.69) is 5.32 Å². The number of aryl methyl sites for hydroxylation is 2. The van der Waals surface area contributed by atoms with Crippen LogP contribution in [0.4, 0.5) is 5.69 Å². The highest BCUT2D eigenvalue weighted by molar-refractivity contribution is 7.10. The maximum atomic E-state index is 11.3. The van der Waals surface area contributed by atoms with Crippen LogP contribution in [0.25, 0.3) is 0 Å². The summed E-state index contributed by atoms with van der Waals surface area (Å²) >= 11 is 7.27. The second-order valence-electron chi connectivity index (χ2n) is 2.96. The fourth-order valence-electron chi connectivity index (χ4n) is 0.982. The lowest BCUT2D eigenvalue weighted by molar-refractivity contribution is -0.115. The van der Waals surface area contributed by atoms with E-state index in [1.54, 1.807) is 18.3 Å². The van der Waals surface area contributed by atoms with Gasteiger partial charge in [0.2, 0.25) is 5.91 Å². The summed E-state index contributed by atoms with van der Waals surface area (Å²) in [6.07, 6.45) is 0. The zero-order valence-corrected chi connectivity index (χ0v) is 9.42. The van der Waals surface area contributed by atoms with Gasteiger partial charge in [-0.1, -0.05) is 0 Å². The van der Waals surface area contributed by atoms with Crippen molar-refractivity contribution in [1.82, 2.24) is 0 Å². The van der Waals surface area contributed by atoms with E-state index in [-0.39, 0.29) is 5.91 Å². The first-order valence-corrected chi connectivity index (χ1v) is 5.33. The van der Waals surface area contributed by atoms with Gasteiger partial charge < -0.3 is 5.32 Å². The molecular weight excluding hydrogens is 206 g/mol. The van der Waals surface area contributed by atoms with Crippen LogP contribution in [0.5, 0.6) is 0 Å². The smallest absolute Gasteiger partial charge is 0.242 e. The van der Waals surface area contributed by atoms with Gasteiger partial charge in [0.25, 0.3) is 0 Å². The van der Waals surface area contributed by atoms with Gasteiger partial charge in [-0.25, -0.2) is 0 Å². The van der Waals surface area contributed by atoms with E-state index < -0.39 is 5.38 Å². The molecule has 0 aliphatic carbocycles. The summed E-state index contributed by atoms with van der Waals surface area (Å²) in [5, 5.41) is 4.33. The molecule has 0 saturated heterocycles. The first kappa shape index (κ1) is 10.5. The van der Waals surface area contributed by atoms with Crippen LogP contribution >= 0.6 is 22.9 Å². The van der Waals surface area contributed by atoms with E-state index in [0.29, 0.717) is 0 Å². The number of carbonyl (C=O) groups excluding carboxylic acids is 1. The molecule has 72 valence electrons. The van der Waals surface area contributed by atoms with Crippen LogP contribution in [-0.2, 0) is 4.79 Å². The number of hydrogen-bond donors (Lipinski definition) is 1. The maximum absolute atomic E-state index is 11.3. The summed E-state index contributed by atoms with van der Waals surface area (Å²) in [7, 11) is 0. The SMILES string of the molecule is Cc1csc(C)c1NC(=O)C(C)Cl. The Morgan fingerprint density at radius 3 is 2.62 bits per heavy atom. The minimum absolute atomic E-state index is 0.147. The molecule has 1 unspecified atom stereocenters. The maximum Gasteiger partial charge on any atom is 0.242 e. The van der Waals surface area contributed by atoms with Crippen LogP contribution in [0, 0.1) is 13.8 Å². The predicted octanol–water partition coefficient (Wildman–Crippen LogP) is 2.93. The average molecular weight is 218 g/mol. The highest BCUT2D eigenvalue weighted by Crippen LogP contribution is 2.26. The Morgan fingerprint density at radius 2 is 2.23 bits per heavy atom. The van der Waals surface area contributed by atoms with Gasteiger partial charge in [-0.2, -0.15) is 0 Å². The molecule has 1 aromatic rings. The average Bonchev–Trinajstić information content (AvgIpc) is 2.35. The predicted molar refractivity (Wildman–Crippen MR) is 57.7 cm³/mol. The minimum Gasteiger partial charge on any atom is -0.324 e. The van der Waals surface area contributed by atoms with Gasteiger partial charge in [0.15, 0.2) is 0 Å². The van der Waals surface area contributed by atoms with Crippen LogP contribution in [0.2, 0.25) is 0 Å². The molecule has 1 aromatic heterocycles. The summed E-state index contributed by atoms with van der Waals surface area (Å²) in [6.45, 7) is 5.61. The molecule has 0 spiro atoms. The van der Waals surface area contributed by atoms with Crippen LogP contribution < -0.4 is 5.32 Å². The van der Waals surface area contributed by atoms with E-state index in [1.165, 1.54) is 0 Å². The molecule has 2 nitrogen and oxygen atoms in total. The van der Waals surface area contributed by atoms with Crippen LogP contribution in [0.3, 0.4) is 0 Å². The fraction of sp³-hybridized carbons (Fsp3) is 0.444. The van der Waals surface area contributed by atoms with Gasteiger partial charge in [-0.05, 0) is 31.7 Å². The van der Waals surface area contributed by atoms with Crippen LogP contribution in [0.1, 0.15) is 17.4 Å². The van der Waals surface area contributed by atoms with Crippen molar-refractivity contribution in [2.75, 3.05) is 5.32 Å². The summed E-state index contributed by atoms with van der Waals surface area (Å²) in [6, 6.07) is 0. The number of alkyl halides is 1. The van der Waals surface area contributed by atoms with Crippen LogP contribution in [-0.4, -0.2) is 11.3 Å². The molecule has 0 saturated carbocycles. The first-order valence-electron chi connectivity index (χ1n) is 4.02. The minimum atomic E-state index is -0.487. The Kier molecular flexibility index (Phi) is 3.33. The monoisotopic (exact) mass is 217 g/mol. The topological polar surface area (TPSA) is 29.1 Å². The summed E-state index contributed by atoms with van der Waals surface area (Å²) < 4.78 is 0. The van der Waals surface area contributed by atoms with Crippen molar-refractivity contribution < 1.29 is 4.79 Å². The third-order valence-electron chi connectivity index (χ3n) is 1.77. The molecule has 0 aliphatic rings. The normalized spacial score (nSPS) is 12.6. The lowest BCUT2D eigenvalue weighted by Gasteiger charge is -2.06.